The molecule has 0 bridgehead atoms. The van der Waals surface area contributed by atoms with Crippen LogP contribution in [0, 0.1) is 6.92 Å². The molecule has 0 N–H and O–H groups in total. The molecule has 5 nitrogen and oxygen atoms in total. The summed E-state index contributed by atoms with van der Waals surface area (Å²) < 4.78 is 0. The van der Waals surface area contributed by atoms with Crippen molar-refractivity contribution in [3.8, 4) is 0 Å². The number of piperidine rings is 1. The van der Waals surface area contributed by atoms with E-state index in [1.165, 1.54) is 0 Å². The van der Waals surface area contributed by atoms with Crippen LogP contribution in [0.25, 0.3) is 0 Å². The third kappa shape index (κ3) is 2.42. The van der Waals surface area contributed by atoms with Gasteiger partial charge in [-0.2, -0.15) is 0 Å². The van der Waals surface area contributed by atoms with Gasteiger partial charge in [0.25, 0.3) is 0 Å². The van der Waals surface area contributed by atoms with Crippen molar-refractivity contribution in [2.24, 2.45) is 0 Å². The number of carbonyl (C=O) groups is 2. The highest BCUT2D eigenvalue weighted by Crippen LogP contribution is 2.10. The van der Waals surface area contributed by atoms with E-state index in [1.54, 1.807) is 17.2 Å². The highest BCUT2D eigenvalue weighted by atomic mass is 16.2. The minimum absolute atomic E-state index is 0.0279. The van der Waals surface area contributed by atoms with Crippen molar-refractivity contribution in [1.29, 1.82) is 0 Å². The molecule has 1 aromatic rings. The van der Waals surface area contributed by atoms with Gasteiger partial charge in [-0.1, -0.05) is 0 Å². The molecule has 1 saturated heterocycles. The van der Waals surface area contributed by atoms with Crippen LogP contribution in [-0.2, 0) is 16.1 Å². The third-order valence-corrected chi connectivity index (χ3v) is 2.55. The van der Waals surface area contributed by atoms with Crippen LogP contribution >= 0.6 is 0 Å². The molecule has 0 spiro atoms. The van der Waals surface area contributed by atoms with E-state index >= 15 is 0 Å². The first-order valence-electron chi connectivity index (χ1n) is 5.23. The van der Waals surface area contributed by atoms with Crippen molar-refractivity contribution < 1.29 is 9.59 Å². The van der Waals surface area contributed by atoms with E-state index in [0.29, 0.717) is 25.3 Å². The van der Waals surface area contributed by atoms with E-state index in [4.69, 9.17) is 0 Å². The molecular formula is C11H13N3O2. The Morgan fingerprint density at radius 3 is 2.94 bits per heavy atom. The minimum Gasteiger partial charge on any atom is -0.336 e. The zero-order valence-corrected chi connectivity index (χ0v) is 9.14. The molecule has 16 heavy (non-hydrogen) atoms. The van der Waals surface area contributed by atoms with Crippen LogP contribution in [0.2, 0.25) is 0 Å². The molecule has 1 aliphatic rings. The molecule has 0 radical (unpaired) electrons. The normalized spacial score (nSPS) is 16.7. The monoisotopic (exact) mass is 219 g/mol. The van der Waals surface area contributed by atoms with Gasteiger partial charge in [0, 0.05) is 19.2 Å². The fraction of sp³-hybridized carbons (Fsp3) is 0.455. The zero-order valence-electron chi connectivity index (χ0n) is 9.14. The lowest BCUT2D eigenvalue weighted by Crippen LogP contribution is -2.38. The number of ketones is 1. The van der Waals surface area contributed by atoms with Gasteiger partial charge >= 0.3 is 0 Å². The van der Waals surface area contributed by atoms with Crippen molar-refractivity contribution in [3.63, 3.8) is 0 Å². The summed E-state index contributed by atoms with van der Waals surface area (Å²) >= 11 is 0. The van der Waals surface area contributed by atoms with E-state index in [0.717, 1.165) is 5.69 Å². The molecular weight excluding hydrogens is 206 g/mol. The number of nitrogens with zero attached hydrogens (tertiary/aromatic N) is 3. The highest BCUT2D eigenvalue weighted by molar-refractivity contribution is 6.00. The molecule has 0 atom stereocenters. The van der Waals surface area contributed by atoms with Crippen LogP contribution in [0.3, 0.4) is 0 Å². The molecule has 0 saturated carbocycles. The maximum Gasteiger partial charge on any atom is 0.230 e. The predicted octanol–water partition coefficient (Wildman–Crippen LogP) is 0.477. The number of likely N-dealkylation sites (tertiary alicyclic amines) is 1. The fourth-order valence-corrected chi connectivity index (χ4v) is 1.71. The first kappa shape index (κ1) is 10.7. The maximum atomic E-state index is 11.6. The Morgan fingerprint density at radius 1 is 1.44 bits per heavy atom. The fourth-order valence-electron chi connectivity index (χ4n) is 1.71. The Hall–Kier alpha value is -1.78. The number of carbonyl (C=O) groups excluding carboxylic acids is 2. The van der Waals surface area contributed by atoms with Gasteiger partial charge in [-0.3, -0.25) is 9.59 Å². The first-order valence-corrected chi connectivity index (χ1v) is 5.23. The molecule has 0 aromatic carbocycles. The van der Waals surface area contributed by atoms with Crippen LogP contribution in [-0.4, -0.2) is 33.1 Å². The topological polar surface area (TPSA) is 63.2 Å². The number of Topliss-reactive ketones (excluding diaryl/α,β-unsaturated/α-hetero) is 1. The van der Waals surface area contributed by atoms with Crippen LogP contribution < -0.4 is 0 Å². The van der Waals surface area contributed by atoms with Crippen LogP contribution in [0.15, 0.2) is 12.3 Å². The molecule has 84 valence electrons. The SMILES string of the molecule is Cc1nccc(CN2CCC(=O)CC2=O)n1. The van der Waals surface area contributed by atoms with Gasteiger partial charge in [0.2, 0.25) is 5.91 Å². The number of aromatic nitrogens is 2. The van der Waals surface area contributed by atoms with Gasteiger partial charge < -0.3 is 4.90 Å². The summed E-state index contributed by atoms with van der Waals surface area (Å²) in [4.78, 5) is 32.5. The lowest BCUT2D eigenvalue weighted by molar-refractivity contribution is -0.139. The molecule has 5 heteroatoms. The summed E-state index contributed by atoms with van der Waals surface area (Å²) in [6.07, 6.45) is 2.16. The summed E-state index contributed by atoms with van der Waals surface area (Å²) in [7, 11) is 0. The summed E-state index contributed by atoms with van der Waals surface area (Å²) in [5.74, 6) is 0.616. The molecule has 0 aliphatic carbocycles. The average Bonchev–Trinajstić information content (AvgIpc) is 2.22. The molecule has 1 fully saturated rings. The number of amides is 1. The number of rotatable bonds is 2. The Kier molecular flexibility index (Phi) is 2.94. The summed E-state index contributed by atoms with van der Waals surface area (Å²) in [5.41, 5.74) is 0.815. The first-order chi connectivity index (χ1) is 7.65. The molecule has 2 heterocycles. The van der Waals surface area contributed by atoms with E-state index in [2.05, 4.69) is 9.97 Å². The Balaban J connectivity index is 2.05. The minimum atomic E-state index is -0.104. The second-order valence-electron chi connectivity index (χ2n) is 3.88. The van der Waals surface area contributed by atoms with Crippen molar-refractivity contribution in [1.82, 2.24) is 14.9 Å². The standard InChI is InChI=1S/C11H13N3O2/c1-8-12-4-2-9(13-8)7-14-5-3-10(15)6-11(14)16/h2,4H,3,5-7H2,1H3. The van der Waals surface area contributed by atoms with Crippen molar-refractivity contribution in [3.05, 3.63) is 23.8 Å². The smallest absolute Gasteiger partial charge is 0.230 e. The van der Waals surface area contributed by atoms with Crippen LogP contribution in [0.4, 0.5) is 0 Å². The summed E-state index contributed by atoms with van der Waals surface area (Å²) in [6, 6.07) is 1.79. The quantitative estimate of drug-likeness (QED) is 0.678. The van der Waals surface area contributed by atoms with Gasteiger partial charge in [-0.05, 0) is 13.0 Å². The second kappa shape index (κ2) is 4.38. The van der Waals surface area contributed by atoms with Crippen LogP contribution in [0.5, 0.6) is 0 Å². The van der Waals surface area contributed by atoms with Gasteiger partial charge in [-0.25, -0.2) is 9.97 Å². The van der Waals surface area contributed by atoms with Gasteiger partial charge in [-0.15, -0.1) is 0 Å². The number of hydrogen-bond donors (Lipinski definition) is 0. The zero-order chi connectivity index (χ0) is 11.5. The summed E-state index contributed by atoms with van der Waals surface area (Å²) in [5, 5.41) is 0. The molecule has 1 aliphatic heterocycles. The molecule has 1 amide bonds. The van der Waals surface area contributed by atoms with E-state index in [-0.39, 0.29) is 18.1 Å². The lowest BCUT2D eigenvalue weighted by Gasteiger charge is -2.25. The molecule has 2 rings (SSSR count). The molecule has 0 unspecified atom stereocenters. The van der Waals surface area contributed by atoms with Gasteiger partial charge in [0.15, 0.2) is 0 Å². The second-order valence-corrected chi connectivity index (χ2v) is 3.88. The van der Waals surface area contributed by atoms with Gasteiger partial charge in [0.1, 0.15) is 11.6 Å². The van der Waals surface area contributed by atoms with E-state index in [9.17, 15) is 9.59 Å². The summed E-state index contributed by atoms with van der Waals surface area (Å²) in [6.45, 7) is 2.78. The maximum absolute atomic E-state index is 11.6. The van der Waals surface area contributed by atoms with E-state index < -0.39 is 0 Å². The highest BCUT2D eigenvalue weighted by Gasteiger charge is 2.23. The Bertz CT molecular complexity index is 431. The third-order valence-electron chi connectivity index (χ3n) is 2.55. The van der Waals surface area contributed by atoms with Crippen molar-refractivity contribution >= 4 is 11.7 Å². The van der Waals surface area contributed by atoms with E-state index in [1.807, 2.05) is 6.92 Å². The number of aryl methyl sites for hydroxylation is 1. The Labute approximate surface area is 93.5 Å². The van der Waals surface area contributed by atoms with Crippen LogP contribution in [0.1, 0.15) is 24.4 Å². The number of hydrogen-bond acceptors (Lipinski definition) is 4. The van der Waals surface area contributed by atoms with Crippen molar-refractivity contribution in [2.45, 2.75) is 26.3 Å². The molecule has 1 aromatic heterocycles. The average molecular weight is 219 g/mol. The largest absolute Gasteiger partial charge is 0.336 e. The van der Waals surface area contributed by atoms with Crippen molar-refractivity contribution in [2.75, 3.05) is 6.54 Å². The Morgan fingerprint density at radius 2 is 2.25 bits per heavy atom. The predicted molar refractivity (Wildman–Crippen MR) is 56.4 cm³/mol. The van der Waals surface area contributed by atoms with Gasteiger partial charge in [0.05, 0.1) is 18.7 Å². The lowest BCUT2D eigenvalue weighted by atomic mass is 10.1.